The molecule has 0 fully saturated rings. The second-order valence-electron chi connectivity index (χ2n) is 4.67. The zero-order chi connectivity index (χ0) is 14.3. The van der Waals surface area contributed by atoms with Crippen molar-refractivity contribution >= 4 is 28.3 Å². The van der Waals surface area contributed by atoms with Crippen LogP contribution in [0.5, 0.6) is 0 Å². The molecule has 0 atom stereocenters. The summed E-state index contributed by atoms with van der Waals surface area (Å²) in [4.78, 5) is 16.7. The maximum Gasteiger partial charge on any atom is 0.337 e. The molecule has 3 heterocycles. The summed E-state index contributed by atoms with van der Waals surface area (Å²) in [5, 5.41) is 16.2. The van der Waals surface area contributed by atoms with E-state index in [0.717, 1.165) is 11.0 Å². The number of aromatic carboxylic acids is 1. The summed E-state index contributed by atoms with van der Waals surface area (Å²) in [7, 11) is 0. The van der Waals surface area contributed by atoms with Gasteiger partial charge in [-0.15, -0.1) is 11.3 Å². The molecule has 3 rings (SSSR count). The highest BCUT2D eigenvalue weighted by Gasteiger charge is 2.13. The second kappa shape index (κ2) is 4.72. The van der Waals surface area contributed by atoms with Gasteiger partial charge in [-0.05, 0) is 36.9 Å². The van der Waals surface area contributed by atoms with Crippen molar-refractivity contribution in [1.82, 2.24) is 14.8 Å². The average molecular weight is 287 g/mol. The Bertz CT molecular complexity index is 804. The fraction of sp³-hybridized carbons (Fsp3) is 0.214. The Morgan fingerprint density at radius 1 is 1.45 bits per heavy atom. The van der Waals surface area contributed by atoms with E-state index in [-0.39, 0.29) is 5.56 Å². The van der Waals surface area contributed by atoms with Crippen LogP contribution in [0.4, 0.5) is 0 Å². The lowest BCUT2D eigenvalue weighted by molar-refractivity contribution is 0.0696. The highest BCUT2D eigenvalue weighted by molar-refractivity contribution is 7.10. The van der Waals surface area contributed by atoms with Crippen molar-refractivity contribution in [3.63, 3.8) is 0 Å². The molecule has 1 N–H and O–H groups in total. The number of carbonyl (C=O) groups is 1. The Morgan fingerprint density at radius 3 is 2.90 bits per heavy atom. The van der Waals surface area contributed by atoms with Gasteiger partial charge < -0.3 is 5.11 Å². The third-order valence-corrected chi connectivity index (χ3v) is 4.30. The molecule has 0 aliphatic carbocycles. The largest absolute Gasteiger partial charge is 0.478 e. The molecule has 0 saturated carbocycles. The van der Waals surface area contributed by atoms with Crippen molar-refractivity contribution in [3.05, 3.63) is 45.4 Å². The monoisotopic (exact) mass is 287 g/mol. The van der Waals surface area contributed by atoms with Gasteiger partial charge in [0.2, 0.25) is 0 Å². The minimum atomic E-state index is -0.959. The summed E-state index contributed by atoms with van der Waals surface area (Å²) >= 11 is 1.69. The lowest BCUT2D eigenvalue weighted by atomic mass is 10.2. The van der Waals surface area contributed by atoms with E-state index in [1.165, 1.54) is 10.4 Å². The van der Waals surface area contributed by atoms with Crippen LogP contribution in [0.2, 0.25) is 0 Å². The standard InChI is InChI=1S/C14H13N3O2S/c1-8-3-4-20-12(8)7-17-13-10(6-15-17)5-11(14(18)19)9(2)16-13/h3-6H,7H2,1-2H3,(H,18,19). The molecule has 5 nitrogen and oxygen atoms in total. The molecule has 102 valence electrons. The van der Waals surface area contributed by atoms with Crippen molar-refractivity contribution in [2.75, 3.05) is 0 Å². The van der Waals surface area contributed by atoms with E-state index in [1.807, 2.05) is 4.68 Å². The summed E-state index contributed by atoms with van der Waals surface area (Å²) in [6.07, 6.45) is 1.66. The average Bonchev–Trinajstić information content (AvgIpc) is 2.97. The van der Waals surface area contributed by atoms with Crippen LogP contribution in [-0.2, 0) is 6.54 Å². The quantitative estimate of drug-likeness (QED) is 0.804. The van der Waals surface area contributed by atoms with Crippen molar-refractivity contribution in [2.45, 2.75) is 20.4 Å². The van der Waals surface area contributed by atoms with Gasteiger partial charge in [-0.2, -0.15) is 5.10 Å². The molecule has 3 aromatic heterocycles. The summed E-state index contributed by atoms with van der Waals surface area (Å²) in [6, 6.07) is 3.71. The highest BCUT2D eigenvalue weighted by atomic mass is 32.1. The number of aryl methyl sites for hydroxylation is 2. The maximum atomic E-state index is 11.1. The van der Waals surface area contributed by atoms with E-state index in [4.69, 9.17) is 5.11 Å². The van der Waals surface area contributed by atoms with Crippen LogP contribution in [0, 0.1) is 13.8 Å². The van der Waals surface area contributed by atoms with E-state index >= 15 is 0 Å². The molecule has 0 aliphatic rings. The number of carboxylic acid groups (broad SMARTS) is 1. The van der Waals surface area contributed by atoms with Gasteiger partial charge in [0.05, 0.1) is 24.0 Å². The Morgan fingerprint density at radius 2 is 2.25 bits per heavy atom. The molecule has 0 bridgehead atoms. The number of rotatable bonds is 3. The number of pyridine rings is 1. The van der Waals surface area contributed by atoms with E-state index in [1.54, 1.807) is 30.5 Å². The van der Waals surface area contributed by atoms with E-state index in [2.05, 4.69) is 28.5 Å². The van der Waals surface area contributed by atoms with Crippen molar-refractivity contribution in [3.8, 4) is 0 Å². The number of fused-ring (bicyclic) bond motifs is 1. The third-order valence-electron chi connectivity index (χ3n) is 3.29. The minimum absolute atomic E-state index is 0.226. The van der Waals surface area contributed by atoms with Crippen LogP contribution < -0.4 is 0 Å². The van der Waals surface area contributed by atoms with Crippen molar-refractivity contribution in [2.24, 2.45) is 0 Å². The van der Waals surface area contributed by atoms with E-state index in [9.17, 15) is 4.79 Å². The molecule has 0 saturated heterocycles. The zero-order valence-corrected chi connectivity index (χ0v) is 11.9. The number of carboxylic acids is 1. The number of nitrogens with zero attached hydrogens (tertiary/aromatic N) is 3. The van der Waals surface area contributed by atoms with Crippen LogP contribution in [0.3, 0.4) is 0 Å². The van der Waals surface area contributed by atoms with Gasteiger partial charge in [-0.3, -0.25) is 0 Å². The Labute approximate surface area is 119 Å². The maximum absolute atomic E-state index is 11.1. The number of hydrogen-bond acceptors (Lipinski definition) is 4. The first-order valence-corrected chi connectivity index (χ1v) is 7.03. The topological polar surface area (TPSA) is 68.0 Å². The van der Waals surface area contributed by atoms with Gasteiger partial charge in [0.1, 0.15) is 0 Å². The highest BCUT2D eigenvalue weighted by Crippen LogP contribution is 2.21. The first kappa shape index (κ1) is 12.8. The predicted molar refractivity (Wildman–Crippen MR) is 77.4 cm³/mol. The Hall–Kier alpha value is -2.21. The van der Waals surface area contributed by atoms with Gasteiger partial charge in [-0.25, -0.2) is 14.5 Å². The molecule has 0 spiro atoms. The molecule has 3 aromatic rings. The van der Waals surface area contributed by atoms with Crippen LogP contribution in [0.15, 0.2) is 23.7 Å². The second-order valence-corrected chi connectivity index (χ2v) is 5.67. The smallest absolute Gasteiger partial charge is 0.337 e. The minimum Gasteiger partial charge on any atom is -0.478 e. The first-order valence-electron chi connectivity index (χ1n) is 6.15. The molecular weight excluding hydrogens is 274 g/mol. The number of thiophene rings is 1. The molecule has 0 radical (unpaired) electrons. The molecular formula is C14H13N3O2S. The van der Waals surface area contributed by atoms with Gasteiger partial charge >= 0.3 is 5.97 Å². The molecule has 0 aliphatic heterocycles. The van der Waals surface area contributed by atoms with E-state index < -0.39 is 5.97 Å². The van der Waals surface area contributed by atoms with Gasteiger partial charge in [0.25, 0.3) is 0 Å². The van der Waals surface area contributed by atoms with E-state index in [0.29, 0.717) is 12.2 Å². The SMILES string of the molecule is Cc1ccsc1Cn1ncc2cc(C(=O)O)c(C)nc21. The van der Waals surface area contributed by atoms with Crippen molar-refractivity contribution < 1.29 is 9.90 Å². The summed E-state index contributed by atoms with van der Waals surface area (Å²) < 4.78 is 1.81. The molecule has 0 aromatic carbocycles. The van der Waals surface area contributed by atoms with Crippen LogP contribution >= 0.6 is 11.3 Å². The Balaban J connectivity index is 2.08. The summed E-state index contributed by atoms with van der Waals surface area (Å²) in [6.45, 7) is 4.43. The van der Waals surface area contributed by atoms with Crippen LogP contribution in [0.25, 0.3) is 11.0 Å². The number of aromatic nitrogens is 3. The zero-order valence-electron chi connectivity index (χ0n) is 11.1. The fourth-order valence-electron chi connectivity index (χ4n) is 2.13. The third kappa shape index (κ3) is 2.08. The molecule has 20 heavy (non-hydrogen) atoms. The Kier molecular flexibility index (Phi) is 3.02. The van der Waals surface area contributed by atoms with Crippen molar-refractivity contribution in [1.29, 1.82) is 0 Å². The predicted octanol–water partition coefficient (Wildman–Crippen LogP) is 2.86. The molecule has 6 heteroatoms. The number of hydrogen-bond donors (Lipinski definition) is 1. The fourth-order valence-corrected chi connectivity index (χ4v) is 3.02. The van der Waals surface area contributed by atoms with Gasteiger partial charge in [0.15, 0.2) is 5.65 Å². The molecule has 0 amide bonds. The lowest BCUT2D eigenvalue weighted by Crippen LogP contribution is -2.05. The first-order chi connectivity index (χ1) is 9.56. The molecule has 0 unspecified atom stereocenters. The van der Waals surface area contributed by atoms with Crippen LogP contribution in [0.1, 0.15) is 26.5 Å². The summed E-state index contributed by atoms with van der Waals surface area (Å²) in [5.74, 6) is -0.959. The lowest BCUT2D eigenvalue weighted by Gasteiger charge is -2.04. The normalized spacial score (nSPS) is 11.1. The van der Waals surface area contributed by atoms with Gasteiger partial charge in [0, 0.05) is 10.3 Å². The summed E-state index contributed by atoms with van der Waals surface area (Å²) in [5.41, 5.74) is 2.69. The van der Waals surface area contributed by atoms with Gasteiger partial charge in [-0.1, -0.05) is 0 Å². The van der Waals surface area contributed by atoms with Crippen LogP contribution in [-0.4, -0.2) is 25.8 Å².